The molecule has 0 aliphatic carbocycles. The maximum Gasteiger partial charge on any atom is 0.338 e. The van der Waals surface area contributed by atoms with Gasteiger partial charge in [-0.25, -0.2) is 9.79 Å². The van der Waals surface area contributed by atoms with Gasteiger partial charge in [0.15, 0.2) is 4.80 Å². The van der Waals surface area contributed by atoms with Crippen LogP contribution in [0.5, 0.6) is 11.5 Å². The van der Waals surface area contributed by atoms with E-state index in [2.05, 4.69) is 4.99 Å². The number of nitrogens with zero attached hydrogens (tertiary/aromatic N) is 2. The molecule has 33 heavy (non-hydrogen) atoms. The third kappa shape index (κ3) is 4.34. The highest BCUT2D eigenvalue weighted by Gasteiger charge is 2.33. The number of carbonyl (C=O) groups is 1. The van der Waals surface area contributed by atoms with Crippen molar-refractivity contribution in [1.82, 2.24) is 4.57 Å². The number of esters is 1. The third-order valence-corrected chi connectivity index (χ3v) is 6.35. The zero-order valence-corrected chi connectivity index (χ0v) is 19.6. The predicted octanol–water partition coefficient (Wildman–Crippen LogP) is 2.82. The lowest BCUT2D eigenvalue weighted by molar-refractivity contribution is -0.139. The van der Waals surface area contributed by atoms with Crippen molar-refractivity contribution in [1.29, 1.82) is 0 Å². The molecule has 0 amide bonds. The van der Waals surface area contributed by atoms with E-state index in [1.54, 1.807) is 44.8 Å². The van der Waals surface area contributed by atoms with E-state index in [0.717, 1.165) is 16.9 Å². The summed E-state index contributed by atoms with van der Waals surface area (Å²) in [6.45, 7) is 3.75. The van der Waals surface area contributed by atoms with Crippen LogP contribution >= 0.6 is 11.3 Å². The Labute approximate surface area is 194 Å². The molecule has 2 aromatic carbocycles. The molecule has 1 aliphatic heterocycles. The molecule has 0 saturated carbocycles. The van der Waals surface area contributed by atoms with Gasteiger partial charge in [0.1, 0.15) is 11.5 Å². The van der Waals surface area contributed by atoms with Crippen LogP contribution < -0.4 is 24.4 Å². The zero-order chi connectivity index (χ0) is 23.5. The third-order valence-electron chi connectivity index (χ3n) is 5.36. The summed E-state index contributed by atoms with van der Waals surface area (Å²) in [5, 5.41) is 0. The van der Waals surface area contributed by atoms with Crippen LogP contribution in [0, 0.1) is 0 Å². The maximum absolute atomic E-state index is 13.5. The smallest absolute Gasteiger partial charge is 0.338 e. The van der Waals surface area contributed by atoms with Gasteiger partial charge in [-0.05, 0) is 55.3 Å². The van der Waals surface area contributed by atoms with E-state index in [-0.39, 0.29) is 12.2 Å². The molecule has 0 spiro atoms. The number of fused-ring (bicyclic) bond motifs is 1. The van der Waals surface area contributed by atoms with Crippen LogP contribution in [0.1, 0.15) is 31.0 Å². The van der Waals surface area contributed by atoms with Gasteiger partial charge in [-0.15, -0.1) is 0 Å². The lowest BCUT2D eigenvalue weighted by Gasteiger charge is -2.24. The van der Waals surface area contributed by atoms with Crippen LogP contribution in [0.4, 0.5) is 0 Å². The second-order valence-corrected chi connectivity index (χ2v) is 8.36. The Bertz CT molecular complexity index is 1380. The van der Waals surface area contributed by atoms with Crippen molar-refractivity contribution in [3.63, 3.8) is 0 Å². The molecule has 0 radical (unpaired) electrons. The molecule has 170 valence electrons. The standard InChI is InChI=1S/C25H24N2O5S/c1-5-32-24(29)21-15(2)26-25-27(22(21)17-8-12-19(31-4)13-9-17)23(28)20(33-25)14-16-6-10-18(30-3)11-7-16/h6-14,22H,5H2,1-4H3. The second kappa shape index (κ2) is 9.46. The van der Waals surface area contributed by atoms with Crippen molar-refractivity contribution in [2.75, 3.05) is 20.8 Å². The minimum Gasteiger partial charge on any atom is -0.497 e. The van der Waals surface area contributed by atoms with Gasteiger partial charge >= 0.3 is 5.97 Å². The summed E-state index contributed by atoms with van der Waals surface area (Å²) in [6, 6.07) is 14.1. The van der Waals surface area contributed by atoms with Gasteiger partial charge in [0.25, 0.3) is 5.56 Å². The van der Waals surface area contributed by atoms with Crippen molar-refractivity contribution in [2.24, 2.45) is 4.99 Å². The monoisotopic (exact) mass is 464 g/mol. The topological polar surface area (TPSA) is 79.1 Å². The minimum atomic E-state index is -0.649. The van der Waals surface area contributed by atoms with Gasteiger partial charge in [-0.1, -0.05) is 35.6 Å². The van der Waals surface area contributed by atoms with E-state index in [1.807, 2.05) is 42.5 Å². The Morgan fingerprint density at radius 2 is 1.67 bits per heavy atom. The van der Waals surface area contributed by atoms with E-state index >= 15 is 0 Å². The van der Waals surface area contributed by atoms with Gasteiger partial charge in [0.2, 0.25) is 0 Å². The lowest BCUT2D eigenvalue weighted by atomic mass is 9.96. The first kappa shape index (κ1) is 22.5. The number of thiazole rings is 1. The molecule has 1 aromatic heterocycles. The number of aromatic nitrogens is 1. The lowest BCUT2D eigenvalue weighted by Crippen LogP contribution is -2.39. The molecule has 0 N–H and O–H groups in total. The number of ether oxygens (including phenoxy) is 3. The minimum absolute atomic E-state index is 0.218. The molecule has 0 bridgehead atoms. The number of rotatable bonds is 6. The van der Waals surface area contributed by atoms with Gasteiger partial charge < -0.3 is 14.2 Å². The van der Waals surface area contributed by atoms with Crippen LogP contribution in [0.15, 0.2) is 69.6 Å². The van der Waals surface area contributed by atoms with E-state index in [4.69, 9.17) is 14.2 Å². The van der Waals surface area contributed by atoms with E-state index in [0.29, 0.717) is 26.4 Å². The maximum atomic E-state index is 13.5. The molecule has 1 atom stereocenters. The number of hydrogen-bond donors (Lipinski definition) is 0. The Morgan fingerprint density at radius 3 is 2.24 bits per heavy atom. The fraction of sp³-hybridized carbons (Fsp3) is 0.240. The quantitative estimate of drug-likeness (QED) is 0.524. The molecule has 1 unspecified atom stereocenters. The van der Waals surface area contributed by atoms with Crippen molar-refractivity contribution in [3.05, 3.63) is 90.6 Å². The molecule has 7 nitrogen and oxygen atoms in total. The summed E-state index contributed by atoms with van der Waals surface area (Å²) in [6.07, 6.45) is 1.82. The van der Waals surface area contributed by atoms with E-state index in [1.165, 1.54) is 11.3 Å². The highest BCUT2D eigenvalue weighted by Crippen LogP contribution is 2.31. The second-order valence-electron chi connectivity index (χ2n) is 7.35. The van der Waals surface area contributed by atoms with Crippen LogP contribution in [0.25, 0.3) is 6.08 Å². The normalized spacial score (nSPS) is 15.6. The zero-order valence-electron chi connectivity index (χ0n) is 18.8. The highest BCUT2D eigenvalue weighted by atomic mass is 32.1. The summed E-state index contributed by atoms with van der Waals surface area (Å²) in [4.78, 5) is 31.6. The summed E-state index contributed by atoms with van der Waals surface area (Å²) in [5.41, 5.74) is 2.30. The van der Waals surface area contributed by atoms with Crippen LogP contribution in [0.2, 0.25) is 0 Å². The summed E-state index contributed by atoms with van der Waals surface area (Å²) in [7, 11) is 3.20. The summed E-state index contributed by atoms with van der Waals surface area (Å²) >= 11 is 1.29. The molecule has 8 heteroatoms. The molecule has 4 rings (SSSR count). The average Bonchev–Trinajstić information content (AvgIpc) is 3.13. The van der Waals surface area contributed by atoms with Crippen LogP contribution in [-0.4, -0.2) is 31.4 Å². The fourth-order valence-corrected chi connectivity index (χ4v) is 4.79. The number of carbonyl (C=O) groups excluding carboxylic acids is 1. The Hall–Kier alpha value is -3.65. The van der Waals surface area contributed by atoms with Crippen LogP contribution in [-0.2, 0) is 9.53 Å². The van der Waals surface area contributed by atoms with Crippen molar-refractivity contribution >= 4 is 23.4 Å². The summed E-state index contributed by atoms with van der Waals surface area (Å²) in [5.74, 6) is 0.941. The van der Waals surface area contributed by atoms with Gasteiger partial charge in [0, 0.05) is 0 Å². The molecular weight excluding hydrogens is 440 g/mol. The number of benzene rings is 2. The largest absolute Gasteiger partial charge is 0.497 e. The molecule has 0 saturated heterocycles. The Morgan fingerprint density at radius 1 is 1.06 bits per heavy atom. The predicted molar refractivity (Wildman–Crippen MR) is 126 cm³/mol. The van der Waals surface area contributed by atoms with E-state index < -0.39 is 12.0 Å². The van der Waals surface area contributed by atoms with Gasteiger partial charge in [-0.3, -0.25) is 9.36 Å². The average molecular weight is 465 g/mol. The first-order chi connectivity index (χ1) is 16.0. The number of allylic oxidation sites excluding steroid dienone is 1. The van der Waals surface area contributed by atoms with Crippen molar-refractivity contribution < 1.29 is 19.0 Å². The summed E-state index contributed by atoms with van der Waals surface area (Å²) < 4.78 is 17.9. The number of hydrogen-bond acceptors (Lipinski definition) is 7. The van der Waals surface area contributed by atoms with Crippen molar-refractivity contribution in [3.8, 4) is 11.5 Å². The number of methoxy groups -OCH3 is 2. The molecule has 3 aromatic rings. The van der Waals surface area contributed by atoms with E-state index in [9.17, 15) is 9.59 Å². The van der Waals surface area contributed by atoms with Crippen molar-refractivity contribution in [2.45, 2.75) is 19.9 Å². The molecule has 0 fully saturated rings. The first-order valence-corrected chi connectivity index (χ1v) is 11.3. The Balaban J connectivity index is 1.90. The highest BCUT2D eigenvalue weighted by molar-refractivity contribution is 7.07. The van der Waals surface area contributed by atoms with Crippen LogP contribution in [0.3, 0.4) is 0 Å². The SMILES string of the molecule is CCOC(=O)C1=C(C)N=c2sc(=Cc3ccc(OC)cc3)c(=O)n2C1c1ccc(OC)cc1. The Kier molecular flexibility index (Phi) is 6.46. The fourth-order valence-electron chi connectivity index (χ4n) is 3.74. The first-order valence-electron chi connectivity index (χ1n) is 10.4. The van der Waals surface area contributed by atoms with Gasteiger partial charge in [0.05, 0.1) is 42.7 Å². The molecule has 1 aliphatic rings. The van der Waals surface area contributed by atoms with Gasteiger partial charge in [-0.2, -0.15) is 0 Å². The molecular formula is C25H24N2O5S. The molecule has 2 heterocycles.